The Kier molecular flexibility index (Phi) is 3.69. The molecular formula is C12H18N2O. The van der Waals surface area contributed by atoms with E-state index in [0.29, 0.717) is 13.2 Å². The van der Waals surface area contributed by atoms with E-state index < -0.39 is 0 Å². The van der Waals surface area contributed by atoms with E-state index in [1.165, 1.54) is 19.3 Å². The molecule has 0 radical (unpaired) electrons. The molecule has 0 aromatic carbocycles. The Labute approximate surface area is 90.7 Å². The van der Waals surface area contributed by atoms with Crippen LogP contribution in [0.15, 0.2) is 18.3 Å². The summed E-state index contributed by atoms with van der Waals surface area (Å²) in [5.41, 5.74) is 7.55. The summed E-state index contributed by atoms with van der Waals surface area (Å²) >= 11 is 0. The largest absolute Gasteiger partial charge is 0.375 e. The molecule has 0 unspecified atom stereocenters. The van der Waals surface area contributed by atoms with E-state index in [1.807, 2.05) is 18.3 Å². The van der Waals surface area contributed by atoms with E-state index in [2.05, 4.69) is 4.98 Å². The Morgan fingerprint density at radius 3 is 2.87 bits per heavy atom. The summed E-state index contributed by atoms with van der Waals surface area (Å²) in [6.07, 6.45) is 5.82. The molecular weight excluding hydrogens is 188 g/mol. The van der Waals surface area contributed by atoms with Crippen LogP contribution in [-0.4, -0.2) is 11.6 Å². The molecule has 1 saturated carbocycles. The smallest absolute Gasteiger partial charge is 0.0887 e. The van der Waals surface area contributed by atoms with Crippen molar-refractivity contribution in [2.75, 3.05) is 6.61 Å². The standard InChI is InChI=1S/C12H18N2O/c13-7-11-3-4-12(14-8-11)9-15-6-5-10-1-2-10/h3-4,8,10H,1-2,5-7,9,13H2. The van der Waals surface area contributed by atoms with Gasteiger partial charge in [0.2, 0.25) is 0 Å². The fourth-order valence-corrected chi connectivity index (χ4v) is 1.49. The van der Waals surface area contributed by atoms with Gasteiger partial charge in [-0.05, 0) is 24.0 Å². The third kappa shape index (κ3) is 3.61. The van der Waals surface area contributed by atoms with Gasteiger partial charge in [-0.1, -0.05) is 18.9 Å². The summed E-state index contributed by atoms with van der Waals surface area (Å²) in [6.45, 7) is 2.04. The van der Waals surface area contributed by atoms with Crippen LogP contribution in [-0.2, 0) is 17.9 Å². The van der Waals surface area contributed by atoms with E-state index in [1.54, 1.807) is 0 Å². The molecule has 1 aromatic heterocycles. The second-order valence-electron chi connectivity index (χ2n) is 4.15. The van der Waals surface area contributed by atoms with Crippen LogP contribution >= 0.6 is 0 Å². The highest BCUT2D eigenvalue weighted by molar-refractivity contribution is 5.13. The van der Waals surface area contributed by atoms with Gasteiger partial charge in [-0.3, -0.25) is 4.98 Å². The number of nitrogens with zero attached hydrogens (tertiary/aromatic N) is 1. The molecule has 0 aliphatic heterocycles. The second kappa shape index (κ2) is 5.24. The van der Waals surface area contributed by atoms with Crippen molar-refractivity contribution in [3.05, 3.63) is 29.6 Å². The average molecular weight is 206 g/mol. The number of nitrogens with two attached hydrogens (primary N) is 1. The van der Waals surface area contributed by atoms with Gasteiger partial charge in [0.05, 0.1) is 12.3 Å². The van der Waals surface area contributed by atoms with Crippen LogP contribution in [0.25, 0.3) is 0 Å². The molecule has 3 nitrogen and oxygen atoms in total. The van der Waals surface area contributed by atoms with Crippen molar-refractivity contribution in [1.82, 2.24) is 4.98 Å². The maximum atomic E-state index is 5.55. The summed E-state index contributed by atoms with van der Waals surface area (Å²) in [5.74, 6) is 0.942. The number of hydrogen-bond donors (Lipinski definition) is 1. The third-order valence-corrected chi connectivity index (χ3v) is 2.74. The van der Waals surface area contributed by atoms with Gasteiger partial charge in [-0.25, -0.2) is 0 Å². The first-order valence-electron chi connectivity index (χ1n) is 5.60. The zero-order valence-electron chi connectivity index (χ0n) is 8.98. The summed E-state index contributed by atoms with van der Waals surface area (Å²) in [6, 6.07) is 3.99. The Morgan fingerprint density at radius 1 is 1.40 bits per heavy atom. The van der Waals surface area contributed by atoms with Gasteiger partial charge < -0.3 is 10.5 Å². The zero-order chi connectivity index (χ0) is 10.5. The van der Waals surface area contributed by atoms with Crippen LogP contribution in [0.3, 0.4) is 0 Å². The summed E-state index contributed by atoms with van der Waals surface area (Å²) in [5, 5.41) is 0. The molecule has 0 atom stereocenters. The highest BCUT2D eigenvalue weighted by atomic mass is 16.5. The Bertz CT molecular complexity index is 293. The van der Waals surface area contributed by atoms with Crippen LogP contribution in [0.2, 0.25) is 0 Å². The van der Waals surface area contributed by atoms with Gasteiger partial charge in [-0.2, -0.15) is 0 Å². The predicted molar refractivity (Wildman–Crippen MR) is 59.1 cm³/mol. The van der Waals surface area contributed by atoms with Crippen molar-refractivity contribution in [3.8, 4) is 0 Å². The van der Waals surface area contributed by atoms with Gasteiger partial charge in [0, 0.05) is 19.3 Å². The van der Waals surface area contributed by atoms with Crippen LogP contribution < -0.4 is 5.73 Å². The molecule has 1 fully saturated rings. The summed E-state index contributed by atoms with van der Waals surface area (Å²) < 4.78 is 5.55. The lowest BCUT2D eigenvalue weighted by molar-refractivity contribution is 0.112. The minimum Gasteiger partial charge on any atom is -0.375 e. The van der Waals surface area contributed by atoms with Crippen molar-refractivity contribution >= 4 is 0 Å². The monoisotopic (exact) mass is 206 g/mol. The molecule has 1 aliphatic rings. The van der Waals surface area contributed by atoms with Crippen LogP contribution in [0.1, 0.15) is 30.5 Å². The highest BCUT2D eigenvalue weighted by Crippen LogP contribution is 2.32. The molecule has 2 N–H and O–H groups in total. The zero-order valence-corrected chi connectivity index (χ0v) is 8.98. The molecule has 0 bridgehead atoms. The Morgan fingerprint density at radius 2 is 2.27 bits per heavy atom. The first-order chi connectivity index (χ1) is 7.38. The van der Waals surface area contributed by atoms with Gasteiger partial charge >= 0.3 is 0 Å². The van der Waals surface area contributed by atoms with Crippen molar-refractivity contribution in [1.29, 1.82) is 0 Å². The number of aromatic nitrogens is 1. The number of rotatable bonds is 6. The van der Waals surface area contributed by atoms with E-state index in [4.69, 9.17) is 10.5 Å². The van der Waals surface area contributed by atoms with Gasteiger partial charge in [0.1, 0.15) is 0 Å². The molecule has 15 heavy (non-hydrogen) atoms. The van der Waals surface area contributed by atoms with Crippen LogP contribution in [0.5, 0.6) is 0 Å². The van der Waals surface area contributed by atoms with Crippen LogP contribution in [0, 0.1) is 5.92 Å². The minimum atomic E-state index is 0.551. The normalized spacial score (nSPS) is 15.5. The average Bonchev–Trinajstić information content (AvgIpc) is 3.09. The highest BCUT2D eigenvalue weighted by Gasteiger charge is 2.20. The molecule has 0 spiro atoms. The van der Waals surface area contributed by atoms with Crippen molar-refractivity contribution in [3.63, 3.8) is 0 Å². The minimum absolute atomic E-state index is 0.551. The van der Waals surface area contributed by atoms with E-state index in [-0.39, 0.29) is 0 Å². The molecule has 0 amide bonds. The first kappa shape index (κ1) is 10.6. The Balaban J connectivity index is 1.67. The second-order valence-corrected chi connectivity index (χ2v) is 4.15. The molecule has 1 heterocycles. The van der Waals surface area contributed by atoms with Gasteiger partial charge in [0.25, 0.3) is 0 Å². The lowest BCUT2D eigenvalue weighted by Crippen LogP contribution is -2.01. The number of hydrogen-bond acceptors (Lipinski definition) is 3. The molecule has 0 saturated heterocycles. The van der Waals surface area contributed by atoms with E-state index >= 15 is 0 Å². The van der Waals surface area contributed by atoms with Gasteiger partial charge in [-0.15, -0.1) is 0 Å². The topological polar surface area (TPSA) is 48.1 Å². The maximum Gasteiger partial charge on any atom is 0.0887 e. The number of ether oxygens (including phenoxy) is 1. The van der Waals surface area contributed by atoms with E-state index in [0.717, 1.165) is 23.8 Å². The molecule has 3 heteroatoms. The first-order valence-corrected chi connectivity index (χ1v) is 5.60. The Hall–Kier alpha value is -0.930. The summed E-state index contributed by atoms with van der Waals surface area (Å²) in [7, 11) is 0. The maximum absolute atomic E-state index is 5.55. The predicted octanol–water partition coefficient (Wildman–Crippen LogP) is 1.86. The fraction of sp³-hybridized carbons (Fsp3) is 0.583. The molecule has 82 valence electrons. The van der Waals surface area contributed by atoms with Gasteiger partial charge in [0.15, 0.2) is 0 Å². The molecule has 1 aromatic rings. The summed E-state index contributed by atoms with van der Waals surface area (Å²) in [4.78, 5) is 4.28. The van der Waals surface area contributed by atoms with E-state index in [9.17, 15) is 0 Å². The lowest BCUT2D eigenvalue weighted by atomic mass is 10.2. The SMILES string of the molecule is NCc1ccc(COCCC2CC2)nc1. The quantitative estimate of drug-likeness (QED) is 0.723. The number of pyridine rings is 1. The van der Waals surface area contributed by atoms with Crippen molar-refractivity contribution in [2.24, 2.45) is 11.7 Å². The third-order valence-electron chi connectivity index (χ3n) is 2.74. The molecule has 1 aliphatic carbocycles. The molecule has 2 rings (SSSR count). The van der Waals surface area contributed by atoms with Crippen molar-refractivity contribution in [2.45, 2.75) is 32.4 Å². The lowest BCUT2D eigenvalue weighted by Gasteiger charge is -2.03. The van der Waals surface area contributed by atoms with Crippen LogP contribution in [0.4, 0.5) is 0 Å². The van der Waals surface area contributed by atoms with Crippen molar-refractivity contribution < 1.29 is 4.74 Å². The fourth-order valence-electron chi connectivity index (χ4n) is 1.49.